The van der Waals surface area contributed by atoms with E-state index < -0.39 is 0 Å². The number of esters is 1. The van der Waals surface area contributed by atoms with Crippen LogP contribution in [0.15, 0.2) is 12.2 Å². The topological polar surface area (TPSA) is 26.3 Å². The van der Waals surface area contributed by atoms with Gasteiger partial charge in [-0.2, -0.15) is 0 Å². The normalized spacial score (nSPS) is 11.2. The lowest BCUT2D eigenvalue weighted by Gasteiger charge is -2.02. The van der Waals surface area contributed by atoms with Crippen molar-refractivity contribution in [3.63, 3.8) is 0 Å². The number of carbonyl (C=O) groups is 1. The molecule has 0 unspecified atom stereocenters. The SMILES string of the molecule is CCCCCCCCCCC=CCCCCCC(=O)OCCC. The molecule has 0 saturated heterocycles. The summed E-state index contributed by atoms with van der Waals surface area (Å²) < 4.78 is 5.06. The molecule has 0 bridgehead atoms. The van der Waals surface area contributed by atoms with E-state index in [2.05, 4.69) is 19.1 Å². The fraction of sp³-hybridized carbons (Fsp3) is 0.857. The van der Waals surface area contributed by atoms with Crippen molar-refractivity contribution in [2.24, 2.45) is 0 Å². The van der Waals surface area contributed by atoms with Gasteiger partial charge in [-0.25, -0.2) is 0 Å². The van der Waals surface area contributed by atoms with Crippen LogP contribution in [-0.2, 0) is 9.53 Å². The Bertz CT molecular complexity index is 271. The molecule has 2 nitrogen and oxygen atoms in total. The molecule has 0 atom stereocenters. The quantitative estimate of drug-likeness (QED) is 0.164. The van der Waals surface area contributed by atoms with Gasteiger partial charge < -0.3 is 4.74 Å². The van der Waals surface area contributed by atoms with Crippen molar-refractivity contribution in [3.05, 3.63) is 12.2 Å². The third-order valence-electron chi connectivity index (χ3n) is 4.11. The molecule has 0 heterocycles. The zero-order valence-electron chi connectivity index (χ0n) is 15.8. The highest BCUT2D eigenvalue weighted by Crippen LogP contribution is 2.10. The second-order valence-corrected chi connectivity index (χ2v) is 6.55. The molecule has 0 N–H and O–H groups in total. The second-order valence-electron chi connectivity index (χ2n) is 6.55. The van der Waals surface area contributed by atoms with Crippen LogP contribution >= 0.6 is 0 Å². The van der Waals surface area contributed by atoms with Gasteiger partial charge in [-0.1, -0.05) is 77.4 Å². The predicted octanol–water partition coefficient (Wildman–Crippen LogP) is 6.98. The molecule has 0 aliphatic carbocycles. The van der Waals surface area contributed by atoms with E-state index in [4.69, 9.17) is 4.74 Å². The molecule has 0 aromatic heterocycles. The Balaban J connectivity index is 3.15. The average Bonchev–Trinajstić information content (AvgIpc) is 2.56. The Morgan fingerprint density at radius 2 is 1.22 bits per heavy atom. The maximum absolute atomic E-state index is 11.3. The first-order chi connectivity index (χ1) is 11.3. The van der Waals surface area contributed by atoms with Crippen LogP contribution in [0.25, 0.3) is 0 Å². The summed E-state index contributed by atoms with van der Waals surface area (Å²) in [6, 6.07) is 0. The van der Waals surface area contributed by atoms with Crippen LogP contribution in [0.1, 0.15) is 110 Å². The Hall–Kier alpha value is -0.790. The molecule has 23 heavy (non-hydrogen) atoms. The molecule has 0 aromatic carbocycles. The molecule has 0 amide bonds. The first-order valence-corrected chi connectivity index (χ1v) is 10.1. The van der Waals surface area contributed by atoms with Gasteiger partial charge in [0.1, 0.15) is 0 Å². The zero-order chi connectivity index (χ0) is 17.0. The molecule has 0 spiro atoms. The van der Waals surface area contributed by atoms with E-state index in [0.717, 1.165) is 25.7 Å². The number of allylic oxidation sites excluding steroid dienone is 2. The minimum atomic E-state index is -0.0305. The fourth-order valence-electron chi connectivity index (χ4n) is 2.63. The van der Waals surface area contributed by atoms with Gasteiger partial charge >= 0.3 is 5.97 Å². The average molecular weight is 325 g/mol. The van der Waals surface area contributed by atoms with E-state index >= 15 is 0 Å². The minimum absolute atomic E-state index is 0.0305. The standard InChI is InChI=1S/C21H40O2/c1-3-5-6-7-8-9-10-11-12-13-14-15-16-17-18-19-21(22)23-20-4-2/h13-14H,3-12,15-20H2,1-2H3. The largest absolute Gasteiger partial charge is 0.466 e. The van der Waals surface area contributed by atoms with Crippen molar-refractivity contribution in [1.82, 2.24) is 0 Å². The molecule has 2 heteroatoms. The van der Waals surface area contributed by atoms with Crippen LogP contribution < -0.4 is 0 Å². The zero-order valence-corrected chi connectivity index (χ0v) is 15.8. The molecular formula is C21H40O2. The maximum atomic E-state index is 11.3. The smallest absolute Gasteiger partial charge is 0.305 e. The highest BCUT2D eigenvalue weighted by molar-refractivity contribution is 5.69. The molecule has 0 radical (unpaired) electrons. The van der Waals surface area contributed by atoms with Crippen molar-refractivity contribution < 1.29 is 9.53 Å². The summed E-state index contributed by atoms with van der Waals surface area (Å²) in [5, 5.41) is 0. The summed E-state index contributed by atoms with van der Waals surface area (Å²) in [4.78, 5) is 11.3. The number of carbonyl (C=O) groups excluding carboxylic acids is 1. The van der Waals surface area contributed by atoms with Gasteiger partial charge in [0.05, 0.1) is 6.61 Å². The maximum Gasteiger partial charge on any atom is 0.305 e. The predicted molar refractivity (Wildman–Crippen MR) is 101 cm³/mol. The van der Waals surface area contributed by atoms with Crippen molar-refractivity contribution >= 4 is 5.97 Å². The number of unbranched alkanes of at least 4 members (excludes halogenated alkanes) is 11. The minimum Gasteiger partial charge on any atom is -0.466 e. The van der Waals surface area contributed by atoms with Crippen LogP contribution in [0, 0.1) is 0 Å². The van der Waals surface area contributed by atoms with Crippen LogP contribution in [-0.4, -0.2) is 12.6 Å². The highest BCUT2D eigenvalue weighted by Gasteiger charge is 2.00. The third-order valence-corrected chi connectivity index (χ3v) is 4.11. The van der Waals surface area contributed by atoms with Crippen molar-refractivity contribution in [3.8, 4) is 0 Å². The Morgan fingerprint density at radius 3 is 1.78 bits per heavy atom. The van der Waals surface area contributed by atoms with E-state index in [-0.39, 0.29) is 5.97 Å². The van der Waals surface area contributed by atoms with Crippen LogP contribution in [0.5, 0.6) is 0 Å². The molecule has 136 valence electrons. The first-order valence-electron chi connectivity index (χ1n) is 10.1. The summed E-state index contributed by atoms with van der Waals surface area (Å²) >= 11 is 0. The summed E-state index contributed by atoms with van der Waals surface area (Å²) in [7, 11) is 0. The second kappa shape index (κ2) is 19.3. The Kier molecular flexibility index (Phi) is 18.6. The number of hydrogen-bond acceptors (Lipinski definition) is 2. The van der Waals surface area contributed by atoms with Crippen LogP contribution in [0.2, 0.25) is 0 Å². The molecule has 0 fully saturated rings. The van der Waals surface area contributed by atoms with E-state index in [1.807, 2.05) is 6.92 Å². The van der Waals surface area contributed by atoms with E-state index in [9.17, 15) is 4.79 Å². The summed E-state index contributed by atoms with van der Waals surface area (Å²) in [6.45, 7) is 4.86. The monoisotopic (exact) mass is 324 g/mol. The van der Waals surface area contributed by atoms with Crippen molar-refractivity contribution in [2.45, 2.75) is 110 Å². The molecule has 0 rings (SSSR count). The molecule has 0 aliphatic heterocycles. The van der Waals surface area contributed by atoms with Gasteiger partial charge in [-0.05, 0) is 38.5 Å². The lowest BCUT2D eigenvalue weighted by Crippen LogP contribution is -2.04. The van der Waals surface area contributed by atoms with Gasteiger partial charge in [0.2, 0.25) is 0 Å². The van der Waals surface area contributed by atoms with Crippen LogP contribution in [0.4, 0.5) is 0 Å². The first kappa shape index (κ1) is 22.2. The summed E-state index contributed by atoms with van der Waals surface area (Å²) in [6.07, 6.45) is 23.0. The van der Waals surface area contributed by atoms with E-state index in [0.29, 0.717) is 13.0 Å². The van der Waals surface area contributed by atoms with Gasteiger partial charge in [0.15, 0.2) is 0 Å². The lowest BCUT2D eigenvalue weighted by atomic mass is 10.1. The van der Waals surface area contributed by atoms with Crippen molar-refractivity contribution in [2.75, 3.05) is 6.61 Å². The molecule has 0 aromatic rings. The summed E-state index contributed by atoms with van der Waals surface area (Å²) in [5.41, 5.74) is 0. The lowest BCUT2D eigenvalue weighted by molar-refractivity contribution is -0.143. The van der Waals surface area contributed by atoms with Gasteiger partial charge in [-0.3, -0.25) is 4.79 Å². The number of hydrogen-bond donors (Lipinski definition) is 0. The van der Waals surface area contributed by atoms with Crippen LogP contribution in [0.3, 0.4) is 0 Å². The van der Waals surface area contributed by atoms with E-state index in [1.165, 1.54) is 64.2 Å². The number of rotatable bonds is 17. The molecular weight excluding hydrogens is 284 g/mol. The Labute approximate surface area is 145 Å². The third kappa shape index (κ3) is 19.2. The van der Waals surface area contributed by atoms with Gasteiger partial charge in [-0.15, -0.1) is 0 Å². The summed E-state index contributed by atoms with van der Waals surface area (Å²) in [5.74, 6) is -0.0305. The van der Waals surface area contributed by atoms with E-state index in [1.54, 1.807) is 0 Å². The van der Waals surface area contributed by atoms with Crippen molar-refractivity contribution in [1.29, 1.82) is 0 Å². The molecule has 0 aliphatic rings. The van der Waals surface area contributed by atoms with Gasteiger partial charge in [0, 0.05) is 6.42 Å². The Morgan fingerprint density at radius 1 is 0.696 bits per heavy atom. The molecule has 0 saturated carbocycles. The van der Waals surface area contributed by atoms with Gasteiger partial charge in [0.25, 0.3) is 0 Å². The fourth-order valence-corrected chi connectivity index (χ4v) is 2.63. The number of ether oxygens (including phenoxy) is 1. The highest BCUT2D eigenvalue weighted by atomic mass is 16.5.